The number of hydrogen-bond donors (Lipinski definition) is 2. The van der Waals surface area contributed by atoms with Crippen molar-refractivity contribution in [3.8, 4) is 0 Å². The Morgan fingerprint density at radius 2 is 2.09 bits per heavy atom. The lowest BCUT2D eigenvalue weighted by Gasteiger charge is -2.12. The number of amides is 1. The number of fused-ring (bicyclic) bond motifs is 1. The summed E-state index contributed by atoms with van der Waals surface area (Å²) in [5, 5.41) is 3.03. The van der Waals surface area contributed by atoms with Gasteiger partial charge in [-0.2, -0.15) is 0 Å². The molecule has 4 nitrogen and oxygen atoms in total. The number of nitrogens with zero attached hydrogens (tertiary/aromatic N) is 1. The number of benzene rings is 1. The van der Waals surface area contributed by atoms with Gasteiger partial charge < -0.3 is 10.3 Å². The van der Waals surface area contributed by atoms with Crippen LogP contribution < -0.4 is 5.32 Å². The highest BCUT2D eigenvalue weighted by molar-refractivity contribution is 9.10. The zero-order valence-corrected chi connectivity index (χ0v) is 13.3. The summed E-state index contributed by atoms with van der Waals surface area (Å²) in [6, 6.07) is 9.43. The van der Waals surface area contributed by atoms with Crippen LogP contribution in [0.1, 0.15) is 18.4 Å². The Morgan fingerprint density at radius 1 is 1.36 bits per heavy atom. The molecule has 0 saturated heterocycles. The van der Waals surface area contributed by atoms with E-state index in [9.17, 15) is 9.18 Å². The van der Waals surface area contributed by atoms with Gasteiger partial charge in [0.05, 0.1) is 21.5 Å². The second-order valence-corrected chi connectivity index (χ2v) is 5.82. The largest absolute Gasteiger partial charge is 0.344 e. The second-order valence-electron chi connectivity index (χ2n) is 4.97. The fraction of sp³-hybridized carbons (Fsp3) is 0.125. The van der Waals surface area contributed by atoms with Gasteiger partial charge in [0.15, 0.2) is 5.82 Å². The summed E-state index contributed by atoms with van der Waals surface area (Å²) in [6.45, 7) is 1.81. The molecule has 3 aromatic rings. The molecule has 0 radical (unpaired) electrons. The summed E-state index contributed by atoms with van der Waals surface area (Å²) in [4.78, 5) is 19.3. The van der Waals surface area contributed by atoms with E-state index in [0.717, 1.165) is 5.56 Å². The first-order valence-corrected chi connectivity index (χ1v) is 7.54. The molecule has 1 unspecified atom stereocenters. The number of anilines is 1. The molecule has 2 aromatic heterocycles. The predicted octanol–water partition coefficient (Wildman–Crippen LogP) is 4.21. The van der Waals surface area contributed by atoms with Gasteiger partial charge in [-0.25, -0.2) is 9.37 Å². The lowest BCUT2D eigenvalue weighted by molar-refractivity contribution is -0.117. The van der Waals surface area contributed by atoms with E-state index in [1.165, 1.54) is 6.20 Å². The minimum absolute atomic E-state index is 0.202. The van der Waals surface area contributed by atoms with Gasteiger partial charge in [0.2, 0.25) is 5.91 Å². The molecule has 0 aliphatic carbocycles. The molecule has 2 heterocycles. The average Bonchev–Trinajstić information content (AvgIpc) is 2.94. The Bertz CT molecular complexity index is 832. The number of rotatable bonds is 3. The molecular weight excluding hydrogens is 349 g/mol. The van der Waals surface area contributed by atoms with Gasteiger partial charge in [0.1, 0.15) is 5.65 Å². The van der Waals surface area contributed by atoms with Crippen molar-refractivity contribution in [1.82, 2.24) is 9.97 Å². The number of carbonyl (C=O) groups excluding carboxylic acids is 1. The third kappa shape index (κ3) is 2.62. The van der Waals surface area contributed by atoms with Crippen LogP contribution in [0.15, 0.2) is 47.2 Å². The maximum Gasteiger partial charge on any atom is 0.231 e. The van der Waals surface area contributed by atoms with Crippen LogP contribution in [0.2, 0.25) is 0 Å². The molecule has 0 fully saturated rings. The van der Waals surface area contributed by atoms with Gasteiger partial charge in [-0.3, -0.25) is 4.79 Å². The van der Waals surface area contributed by atoms with Crippen molar-refractivity contribution < 1.29 is 9.18 Å². The maximum atomic E-state index is 14.2. The van der Waals surface area contributed by atoms with Gasteiger partial charge >= 0.3 is 0 Å². The van der Waals surface area contributed by atoms with Crippen molar-refractivity contribution in [3.63, 3.8) is 0 Å². The topological polar surface area (TPSA) is 57.8 Å². The third-order valence-corrected chi connectivity index (χ3v) is 4.10. The fourth-order valence-electron chi connectivity index (χ4n) is 2.27. The van der Waals surface area contributed by atoms with E-state index in [-0.39, 0.29) is 21.7 Å². The predicted molar refractivity (Wildman–Crippen MR) is 87.2 cm³/mol. The highest BCUT2D eigenvalue weighted by atomic mass is 79.9. The van der Waals surface area contributed by atoms with E-state index in [1.807, 2.05) is 37.3 Å². The van der Waals surface area contributed by atoms with Crippen LogP contribution in [-0.4, -0.2) is 15.9 Å². The lowest BCUT2D eigenvalue weighted by Crippen LogP contribution is -2.18. The summed E-state index contributed by atoms with van der Waals surface area (Å²) in [5.41, 5.74) is 1.68. The number of nitrogens with one attached hydrogen (secondary N) is 2. The minimum atomic E-state index is -0.450. The number of H-pyrrole nitrogens is 1. The summed E-state index contributed by atoms with van der Waals surface area (Å²) < 4.78 is 14.5. The molecule has 2 N–H and O–H groups in total. The number of hydrogen-bond acceptors (Lipinski definition) is 2. The van der Waals surface area contributed by atoms with Crippen LogP contribution >= 0.6 is 15.9 Å². The standard InChI is InChI=1S/C16H13BrFN3O/c1-9(10-5-3-2-4-6-10)16(22)21-12-8-20-15-13(12)14(18)11(17)7-19-15/h2-9H,1H3,(H,19,20)(H,21,22). The molecule has 1 atom stereocenters. The van der Waals surface area contributed by atoms with E-state index in [4.69, 9.17) is 0 Å². The SMILES string of the molecule is CC(C(=O)Nc1c[nH]c2ncc(Br)c(F)c12)c1ccccc1. The van der Waals surface area contributed by atoms with Crippen LogP contribution in [0.25, 0.3) is 11.0 Å². The highest BCUT2D eigenvalue weighted by Crippen LogP contribution is 2.29. The van der Waals surface area contributed by atoms with E-state index >= 15 is 0 Å². The molecular formula is C16H13BrFN3O. The summed E-state index contributed by atoms with van der Waals surface area (Å²) in [6.07, 6.45) is 2.93. The number of carbonyl (C=O) groups is 1. The van der Waals surface area contributed by atoms with E-state index < -0.39 is 5.82 Å². The van der Waals surface area contributed by atoms with Crippen molar-refractivity contribution in [1.29, 1.82) is 0 Å². The second kappa shape index (κ2) is 5.88. The van der Waals surface area contributed by atoms with Crippen molar-refractivity contribution in [2.24, 2.45) is 0 Å². The van der Waals surface area contributed by atoms with E-state index in [0.29, 0.717) is 11.3 Å². The summed E-state index contributed by atoms with van der Waals surface area (Å²) in [5.74, 6) is -0.991. The zero-order chi connectivity index (χ0) is 15.7. The van der Waals surface area contributed by atoms with Gasteiger partial charge in [-0.1, -0.05) is 30.3 Å². The molecule has 0 aliphatic heterocycles. The first kappa shape index (κ1) is 14.7. The smallest absolute Gasteiger partial charge is 0.231 e. The zero-order valence-electron chi connectivity index (χ0n) is 11.7. The van der Waals surface area contributed by atoms with Crippen molar-refractivity contribution in [2.45, 2.75) is 12.8 Å². The lowest BCUT2D eigenvalue weighted by atomic mass is 10.0. The van der Waals surface area contributed by atoms with Gasteiger partial charge in [0.25, 0.3) is 0 Å². The molecule has 1 amide bonds. The molecule has 112 valence electrons. The first-order chi connectivity index (χ1) is 10.6. The van der Waals surface area contributed by atoms with Gasteiger partial charge in [0, 0.05) is 12.4 Å². The average molecular weight is 362 g/mol. The first-order valence-electron chi connectivity index (χ1n) is 6.75. The third-order valence-electron chi connectivity index (χ3n) is 3.55. The van der Waals surface area contributed by atoms with Crippen molar-refractivity contribution >= 4 is 38.6 Å². The van der Waals surface area contributed by atoms with Crippen LogP contribution in [0, 0.1) is 5.82 Å². The van der Waals surface area contributed by atoms with Crippen LogP contribution in [0.5, 0.6) is 0 Å². The van der Waals surface area contributed by atoms with Crippen LogP contribution in [0.4, 0.5) is 10.1 Å². The number of aromatic amines is 1. The van der Waals surface area contributed by atoms with Gasteiger partial charge in [-0.15, -0.1) is 0 Å². The summed E-state index contributed by atoms with van der Waals surface area (Å²) >= 11 is 3.10. The van der Waals surface area contributed by atoms with Gasteiger partial charge in [-0.05, 0) is 28.4 Å². The van der Waals surface area contributed by atoms with E-state index in [1.54, 1.807) is 6.20 Å². The Balaban J connectivity index is 1.90. The Hall–Kier alpha value is -2.21. The molecule has 1 aromatic carbocycles. The molecule has 0 aliphatic rings. The molecule has 22 heavy (non-hydrogen) atoms. The quantitative estimate of drug-likeness (QED) is 0.734. The molecule has 0 saturated carbocycles. The Kier molecular flexibility index (Phi) is 3.94. The van der Waals surface area contributed by atoms with Crippen molar-refractivity contribution in [2.75, 3.05) is 5.32 Å². The summed E-state index contributed by atoms with van der Waals surface area (Å²) in [7, 11) is 0. The highest BCUT2D eigenvalue weighted by Gasteiger charge is 2.19. The Labute approximate surface area is 134 Å². The molecule has 0 bridgehead atoms. The minimum Gasteiger partial charge on any atom is -0.344 e. The molecule has 0 spiro atoms. The monoisotopic (exact) mass is 361 g/mol. The van der Waals surface area contributed by atoms with Crippen molar-refractivity contribution in [3.05, 3.63) is 58.6 Å². The number of aromatic nitrogens is 2. The fourth-order valence-corrected chi connectivity index (χ4v) is 2.57. The Morgan fingerprint density at radius 3 is 2.82 bits per heavy atom. The molecule has 3 rings (SSSR count). The van der Waals surface area contributed by atoms with Crippen LogP contribution in [0.3, 0.4) is 0 Å². The maximum absolute atomic E-state index is 14.2. The molecule has 6 heteroatoms. The number of pyridine rings is 1. The normalized spacial score (nSPS) is 12.3. The number of halogens is 2. The van der Waals surface area contributed by atoms with Crippen LogP contribution in [-0.2, 0) is 4.79 Å². The van der Waals surface area contributed by atoms with E-state index in [2.05, 4.69) is 31.2 Å².